The zero-order chi connectivity index (χ0) is 19.6. The SMILES string of the molecule is Cc1nc(SC(C)C(=O)N2CCCC2)n(C)c(=O)c1Cc1cccc(Cl)c1. The lowest BCUT2D eigenvalue weighted by atomic mass is 10.1. The molecular formula is C20H24ClN3O2S. The molecule has 1 aromatic carbocycles. The maximum Gasteiger partial charge on any atom is 0.257 e. The van der Waals surface area contributed by atoms with Crippen LogP contribution in [0.15, 0.2) is 34.2 Å². The van der Waals surface area contributed by atoms with E-state index < -0.39 is 0 Å². The van der Waals surface area contributed by atoms with Crippen molar-refractivity contribution in [2.75, 3.05) is 13.1 Å². The Hall–Kier alpha value is -1.79. The summed E-state index contributed by atoms with van der Waals surface area (Å²) in [6.45, 7) is 5.38. The Balaban J connectivity index is 1.82. The molecule has 0 saturated carbocycles. The average molecular weight is 406 g/mol. The second-order valence-corrected chi connectivity index (χ2v) is 8.67. The molecule has 0 aliphatic carbocycles. The first kappa shape index (κ1) is 20.0. The van der Waals surface area contributed by atoms with Gasteiger partial charge in [0.1, 0.15) is 0 Å². The zero-order valence-electron chi connectivity index (χ0n) is 15.9. The Morgan fingerprint density at radius 2 is 2.04 bits per heavy atom. The molecule has 2 aromatic rings. The number of likely N-dealkylation sites (tertiary alicyclic amines) is 1. The first-order valence-electron chi connectivity index (χ1n) is 9.13. The molecule has 0 spiro atoms. The summed E-state index contributed by atoms with van der Waals surface area (Å²) in [6.07, 6.45) is 2.62. The summed E-state index contributed by atoms with van der Waals surface area (Å²) in [5.74, 6) is 0.118. The van der Waals surface area contributed by atoms with Gasteiger partial charge >= 0.3 is 0 Å². The highest BCUT2D eigenvalue weighted by Gasteiger charge is 2.25. The molecule has 144 valence electrons. The topological polar surface area (TPSA) is 55.2 Å². The van der Waals surface area contributed by atoms with E-state index in [-0.39, 0.29) is 16.7 Å². The van der Waals surface area contributed by atoms with Crippen molar-refractivity contribution < 1.29 is 4.79 Å². The zero-order valence-corrected chi connectivity index (χ0v) is 17.4. The summed E-state index contributed by atoms with van der Waals surface area (Å²) in [7, 11) is 1.71. The second-order valence-electron chi connectivity index (χ2n) is 6.92. The molecule has 2 heterocycles. The highest BCUT2D eigenvalue weighted by Crippen LogP contribution is 2.24. The molecule has 1 aromatic heterocycles. The maximum absolute atomic E-state index is 12.9. The third-order valence-corrected chi connectivity index (χ3v) is 6.23. The molecule has 27 heavy (non-hydrogen) atoms. The number of benzene rings is 1. The van der Waals surface area contributed by atoms with E-state index in [1.165, 1.54) is 11.8 Å². The lowest BCUT2D eigenvalue weighted by molar-refractivity contribution is -0.129. The molecule has 1 fully saturated rings. The standard InChI is InChI=1S/C20H24ClN3O2S/c1-13-17(12-15-7-6-8-16(21)11-15)19(26)23(3)20(22-13)27-14(2)18(25)24-9-4-5-10-24/h6-8,11,14H,4-5,9-10,12H2,1-3H3. The molecule has 1 atom stereocenters. The molecule has 0 bridgehead atoms. The van der Waals surface area contributed by atoms with Crippen LogP contribution in [0.5, 0.6) is 0 Å². The van der Waals surface area contributed by atoms with Gasteiger partial charge in [-0.25, -0.2) is 4.98 Å². The molecule has 1 aliphatic rings. The molecule has 3 rings (SSSR count). The van der Waals surface area contributed by atoms with E-state index in [2.05, 4.69) is 4.98 Å². The lowest BCUT2D eigenvalue weighted by Gasteiger charge is -2.20. The maximum atomic E-state index is 12.9. The summed E-state index contributed by atoms with van der Waals surface area (Å²) in [4.78, 5) is 32.0. The fourth-order valence-electron chi connectivity index (χ4n) is 3.29. The summed E-state index contributed by atoms with van der Waals surface area (Å²) in [5, 5.41) is 0.961. The van der Waals surface area contributed by atoms with Gasteiger partial charge < -0.3 is 4.90 Å². The molecule has 7 heteroatoms. The van der Waals surface area contributed by atoms with Crippen LogP contribution in [0.1, 0.15) is 36.6 Å². The molecule has 1 aliphatic heterocycles. The van der Waals surface area contributed by atoms with Crippen LogP contribution < -0.4 is 5.56 Å². The van der Waals surface area contributed by atoms with Crippen LogP contribution in [0.2, 0.25) is 5.02 Å². The molecule has 1 unspecified atom stereocenters. The van der Waals surface area contributed by atoms with Crippen LogP contribution in [0.4, 0.5) is 0 Å². The number of halogens is 1. The van der Waals surface area contributed by atoms with Crippen LogP contribution in [0, 0.1) is 6.92 Å². The van der Waals surface area contributed by atoms with Gasteiger partial charge in [0.25, 0.3) is 5.56 Å². The predicted molar refractivity (Wildman–Crippen MR) is 110 cm³/mol. The molecule has 5 nitrogen and oxygen atoms in total. The van der Waals surface area contributed by atoms with Crippen molar-refractivity contribution >= 4 is 29.3 Å². The number of aryl methyl sites for hydroxylation is 1. The van der Waals surface area contributed by atoms with E-state index in [0.717, 1.165) is 31.5 Å². The van der Waals surface area contributed by atoms with Crippen LogP contribution >= 0.6 is 23.4 Å². The minimum absolute atomic E-state index is 0.0780. The highest BCUT2D eigenvalue weighted by molar-refractivity contribution is 8.00. The minimum Gasteiger partial charge on any atom is -0.342 e. The number of amides is 1. The number of carbonyl (C=O) groups excluding carboxylic acids is 1. The number of hydrogen-bond acceptors (Lipinski definition) is 4. The van der Waals surface area contributed by atoms with Crippen molar-refractivity contribution in [2.24, 2.45) is 7.05 Å². The number of rotatable bonds is 5. The van der Waals surface area contributed by atoms with Crippen LogP contribution in [-0.2, 0) is 18.3 Å². The van der Waals surface area contributed by atoms with E-state index in [1.807, 2.05) is 43.0 Å². The van der Waals surface area contributed by atoms with Crippen molar-refractivity contribution in [3.63, 3.8) is 0 Å². The number of thioether (sulfide) groups is 1. The summed E-state index contributed by atoms with van der Waals surface area (Å²) >= 11 is 7.40. The monoisotopic (exact) mass is 405 g/mol. The fraction of sp³-hybridized carbons (Fsp3) is 0.450. The van der Waals surface area contributed by atoms with E-state index in [0.29, 0.717) is 27.9 Å². The largest absolute Gasteiger partial charge is 0.342 e. The Kier molecular flexibility index (Phi) is 6.27. The average Bonchev–Trinajstić information content (AvgIpc) is 3.17. The first-order valence-corrected chi connectivity index (χ1v) is 10.4. The van der Waals surface area contributed by atoms with Gasteiger partial charge in [0.05, 0.1) is 5.25 Å². The molecular weight excluding hydrogens is 382 g/mol. The van der Waals surface area contributed by atoms with Crippen LogP contribution in [0.25, 0.3) is 0 Å². The third kappa shape index (κ3) is 4.55. The second kappa shape index (κ2) is 8.48. The van der Waals surface area contributed by atoms with Gasteiger partial charge in [-0.3, -0.25) is 14.2 Å². The van der Waals surface area contributed by atoms with E-state index in [9.17, 15) is 9.59 Å². The summed E-state index contributed by atoms with van der Waals surface area (Å²) in [5.41, 5.74) is 2.25. The van der Waals surface area contributed by atoms with Gasteiger partial charge in [-0.2, -0.15) is 0 Å². The normalized spacial score (nSPS) is 15.2. The summed E-state index contributed by atoms with van der Waals surface area (Å²) < 4.78 is 1.55. The van der Waals surface area contributed by atoms with Gasteiger partial charge in [-0.1, -0.05) is 35.5 Å². The minimum atomic E-state index is -0.264. The van der Waals surface area contributed by atoms with Gasteiger partial charge in [-0.15, -0.1) is 0 Å². The van der Waals surface area contributed by atoms with Gasteiger partial charge in [0.15, 0.2) is 5.16 Å². The van der Waals surface area contributed by atoms with Crippen molar-refractivity contribution in [1.29, 1.82) is 0 Å². The van der Waals surface area contributed by atoms with Crippen LogP contribution in [-0.4, -0.2) is 38.7 Å². The van der Waals surface area contributed by atoms with Crippen molar-refractivity contribution in [2.45, 2.75) is 43.5 Å². The lowest BCUT2D eigenvalue weighted by Crippen LogP contribution is -2.35. The molecule has 1 saturated heterocycles. The molecule has 1 amide bonds. The Morgan fingerprint density at radius 1 is 1.33 bits per heavy atom. The van der Waals surface area contributed by atoms with Gasteiger partial charge in [0.2, 0.25) is 5.91 Å². The highest BCUT2D eigenvalue weighted by atomic mass is 35.5. The van der Waals surface area contributed by atoms with Crippen molar-refractivity contribution in [3.05, 3.63) is 56.5 Å². The quantitative estimate of drug-likeness (QED) is 0.564. The number of nitrogens with zero attached hydrogens (tertiary/aromatic N) is 3. The first-order chi connectivity index (χ1) is 12.9. The Labute approximate surface area is 168 Å². The number of aromatic nitrogens is 2. The van der Waals surface area contributed by atoms with Crippen molar-refractivity contribution in [3.8, 4) is 0 Å². The third-order valence-electron chi connectivity index (χ3n) is 4.87. The fourth-order valence-corrected chi connectivity index (χ4v) is 4.50. The Morgan fingerprint density at radius 3 is 2.70 bits per heavy atom. The number of hydrogen-bond donors (Lipinski definition) is 0. The van der Waals surface area contributed by atoms with Crippen LogP contribution in [0.3, 0.4) is 0 Å². The molecule has 0 radical (unpaired) electrons. The van der Waals surface area contributed by atoms with E-state index in [4.69, 9.17) is 11.6 Å². The predicted octanol–water partition coefficient (Wildman–Crippen LogP) is 3.44. The molecule has 0 N–H and O–H groups in total. The number of carbonyl (C=O) groups is 1. The van der Waals surface area contributed by atoms with Gasteiger partial charge in [0, 0.05) is 42.8 Å². The Bertz CT molecular complexity index is 907. The smallest absolute Gasteiger partial charge is 0.257 e. The summed E-state index contributed by atoms with van der Waals surface area (Å²) in [6, 6.07) is 7.50. The van der Waals surface area contributed by atoms with E-state index in [1.54, 1.807) is 11.6 Å². The van der Waals surface area contributed by atoms with Crippen molar-refractivity contribution in [1.82, 2.24) is 14.5 Å². The van der Waals surface area contributed by atoms with Gasteiger partial charge in [-0.05, 0) is 44.4 Å². The van der Waals surface area contributed by atoms with E-state index >= 15 is 0 Å².